The van der Waals surface area contributed by atoms with Crippen molar-refractivity contribution in [1.82, 2.24) is 9.78 Å². The molecular weight excluding hydrogens is 274 g/mol. The van der Waals surface area contributed by atoms with Crippen LogP contribution in [0.1, 0.15) is 39.5 Å². The summed E-state index contributed by atoms with van der Waals surface area (Å²) in [4.78, 5) is 12.2. The maximum atomic E-state index is 12.2. The van der Waals surface area contributed by atoms with E-state index in [-0.39, 0.29) is 12.1 Å². The van der Waals surface area contributed by atoms with Crippen molar-refractivity contribution in [2.75, 3.05) is 11.9 Å². The molecule has 0 fully saturated rings. The predicted molar refractivity (Wildman–Crippen MR) is 84.1 cm³/mol. The van der Waals surface area contributed by atoms with Crippen LogP contribution in [-0.2, 0) is 6.54 Å². The summed E-state index contributed by atoms with van der Waals surface area (Å²) < 4.78 is 1.24. The molecule has 5 heteroatoms. The summed E-state index contributed by atoms with van der Waals surface area (Å²) in [6.45, 7) is 5.23. The number of anilines is 1. The van der Waals surface area contributed by atoms with Crippen molar-refractivity contribution in [1.29, 1.82) is 0 Å². The molecule has 0 aliphatic heterocycles. The Kier molecular flexibility index (Phi) is 7.17. The average Bonchev–Trinajstić information content (AvgIpc) is 2.45. The fourth-order valence-electron chi connectivity index (χ4n) is 2.02. The van der Waals surface area contributed by atoms with Gasteiger partial charge in [0.15, 0.2) is 0 Å². The van der Waals surface area contributed by atoms with E-state index in [2.05, 4.69) is 30.2 Å². The topological polar surface area (TPSA) is 46.9 Å². The Morgan fingerprint density at radius 1 is 1.55 bits per heavy atom. The van der Waals surface area contributed by atoms with E-state index in [0.717, 1.165) is 19.4 Å². The van der Waals surface area contributed by atoms with Gasteiger partial charge >= 0.3 is 0 Å². The van der Waals surface area contributed by atoms with E-state index in [1.165, 1.54) is 23.7 Å². The van der Waals surface area contributed by atoms with E-state index in [4.69, 9.17) is 18.0 Å². The van der Waals surface area contributed by atoms with Gasteiger partial charge in [-0.25, -0.2) is 4.68 Å². The molecule has 1 atom stereocenters. The van der Waals surface area contributed by atoms with Crippen LogP contribution in [0, 0.1) is 18.3 Å². The third-order valence-electron chi connectivity index (χ3n) is 3.35. The van der Waals surface area contributed by atoms with Gasteiger partial charge in [-0.2, -0.15) is 5.10 Å². The second-order valence-corrected chi connectivity index (χ2v) is 5.24. The molecule has 0 amide bonds. The molecular formula is C15H22ClN3O. The summed E-state index contributed by atoms with van der Waals surface area (Å²) >= 11 is 6.04. The first-order valence-electron chi connectivity index (χ1n) is 7.06. The molecule has 4 nitrogen and oxygen atoms in total. The lowest BCUT2D eigenvalue weighted by molar-refractivity contribution is 0.472. The van der Waals surface area contributed by atoms with Gasteiger partial charge in [0, 0.05) is 6.54 Å². The average molecular weight is 296 g/mol. The minimum Gasteiger partial charge on any atom is -0.379 e. The normalized spacial score (nSPS) is 11.9. The van der Waals surface area contributed by atoms with Gasteiger partial charge in [-0.1, -0.05) is 50.6 Å². The molecule has 0 bridgehead atoms. The number of terminal acetylenes is 1. The van der Waals surface area contributed by atoms with Crippen LogP contribution >= 0.6 is 11.6 Å². The Labute approximate surface area is 125 Å². The molecule has 0 saturated heterocycles. The lowest BCUT2D eigenvalue weighted by atomic mass is 9.99. The number of rotatable bonds is 8. The predicted octanol–water partition coefficient (Wildman–Crippen LogP) is 3.16. The lowest BCUT2D eigenvalue weighted by Crippen LogP contribution is -2.27. The van der Waals surface area contributed by atoms with Gasteiger partial charge in [0.1, 0.15) is 12.2 Å². The van der Waals surface area contributed by atoms with E-state index in [1.54, 1.807) is 0 Å². The summed E-state index contributed by atoms with van der Waals surface area (Å²) in [5, 5.41) is 7.42. The number of unbranched alkanes of at least 4 members (excludes halogenated alkanes) is 1. The first-order chi connectivity index (χ1) is 9.63. The van der Waals surface area contributed by atoms with E-state index in [0.29, 0.717) is 16.6 Å². The summed E-state index contributed by atoms with van der Waals surface area (Å²) in [5.74, 6) is 2.95. The van der Waals surface area contributed by atoms with Crippen LogP contribution in [0.25, 0.3) is 0 Å². The zero-order valence-electron chi connectivity index (χ0n) is 12.2. The minimum atomic E-state index is -0.263. The van der Waals surface area contributed by atoms with Crippen molar-refractivity contribution in [3.63, 3.8) is 0 Å². The summed E-state index contributed by atoms with van der Waals surface area (Å²) in [5.41, 5.74) is 0.132. The maximum Gasteiger partial charge on any atom is 0.292 e. The second kappa shape index (κ2) is 8.65. The number of halogens is 1. The second-order valence-electron chi connectivity index (χ2n) is 4.83. The molecule has 110 valence electrons. The summed E-state index contributed by atoms with van der Waals surface area (Å²) in [6.07, 6.45) is 11.3. The van der Waals surface area contributed by atoms with Crippen LogP contribution < -0.4 is 10.9 Å². The van der Waals surface area contributed by atoms with E-state index in [1.807, 2.05) is 0 Å². The number of hydrogen-bond acceptors (Lipinski definition) is 3. The molecule has 0 spiro atoms. The molecule has 0 aliphatic carbocycles. The first-order valence-corrected chi connectivity index (χ1v) is 7.44. The summed E-state index contributed by atoms with van der Waals surface area (Å²) in [7, 11) is 0. The van der Waals surface area contributed by atoms with Gasteiger partial charge in [-0.3, -0.25) is 4.79 Å². The SMILES string of the molecule is C#CCn1ncc(Cl)c(NCC(CC)CCCC)c1=O. The fraction of sp³-hybridized carbons (Fsp3) is 0.600. The molecule has 20 heavy (non-hydrogen) atoms. The van der Waals surface area contributed by atoms with Crippen molar-refractivity contribution in [3.8, 4) is 12.3 Å². The molecule has 1 rings (SSSR count). The molecule has 1 N–H and O–H groups in total. The highest BCUT2D eigenvalue weighted by atomic mass is 35.5. The zero-order valence-corrected chi connectivity index (χ0v) is 12.9. The Hall–Kier alpha value is -1.47. The number of nitrogens with one attached hydrogen (secondary N) is 1. The van der Waals surface area contributed by atoms with E-state index in [9.17, 15) is 4.79 Å². The van der Waals surface area contributed by atoms with Crippen LogP contribution in [0.4, 0.5) is 5.69 Å². The van der Waals surface area contributed by atoms with Gasteiger partial charge in [0.05, 0.1) is 11.2 Å². The third-order valence-corrected chi connectivity index (χ3v) is 3.64. The Bertz CT molecular complexity index is 519. The molecule has 0 aromatic carbocycles. The highest BCUT2D eigenvalue weighted by molar-refractivity contribution is 6.32. The van der Waals surface area contributed by atoms with Crippen LogP contribution in [-0.4, -0.2) is 16.3 Å². The van der Waals surface area contributed by atoms with Crippen molar-refractivity contribution in [2.24, 2.45) is 5.92 Å². The van der Waals surface area contributed by atoms with Gasteiger partial charge in [0.25, 0.3) is 5.56 Å². The van der Waals surface area contributed by atoms with Crippen LogP contribution in [0.5, 0.6) is 0 Å². The molecule has 0 aliphatic rings. The van der Waals surface area contributed by atoms with Crippen molar-refractivity contribution < 1.29 is 0 Å². The van der Waals surface area contributed by atoms with Crippen molar-refractivity contribution in [3.05, 3.63) is 21.6 Å². The monoisotopic (exact) mass is 295 g/mol. The summed E-state index contributed by atoms with van der Waals surface area (Å²) in [6, 6.07) is 0. The Morgan fingerprint density at radius 2 is 2.30 bits per heavy atom. The van der Waals surface area contributed by atoms with E-state index >= 15 is 0 Å². The zero-order chi connectivity index (χ0) is 15.0. The van der Waals surface area contributed by atoms with Gasteiger partial charge in [-0.05, 0) is 12.3 Å². The lowest BCUT2D eigenvalue weighted by Gasteiger charge is -2.16. The van der Waals surface area contributed by atoms with Crippen molar-refractivity contribution >= 4 is 17.3 Å². The van der Waals surface area contributed by atoms with Gasteiger partial charge in [-0.15, -0.1) is 6.42 Å². The molecule has 1 aromatic heterocycles. The van der Waals surface area contributed by atoms with Gasteiger partial charge < -0.3 is 5.32 Å². The largest absolute Gasteiger partial charge is 0.379 e. The highest BCUT2D eigenvalue weighted by Gasteiger charge is 2.12. The van der Waals surface area contributed by atoms with Gasteiger partial charge in [0.2, 0.25) is 0 Å². The first kappa shape index (κ1) is 16.6. The minimum absolute atomic E-state index is 0.151. The highest BCUT2D eigenvalue weighted by Crippen LogP contribution is 2.18. The number of aromatic nitrogens is 2. The molecule has 0 radical (unpaired) electrons. The molecule has 1 heterocycles. The fourth-order valence-corrected chi connectivity index (χ4v) is 2.21. The third kappa shape index (κ3) is 4.57. The van der Waals surface area contributed by atoms with Crippen LogP contribution in [0.2, 0.25) is 5.02 Å². The van der Waals surface area contributed by atoms with Crippen molar-refractivity contribution in [2.45, 2.75) is 46.1 Å². The van der Waals surface area contributed by atoms with E-state index < -0.39 is 0 Å². The van der Waals surface area contributed by atoms with Crippen LogP contribution in [0.3, 0.4) is 0 Å². The quantitative estimate of drug-likeness (QED) is 0.749. The number of nitrogens with zero attached hydrogens (tertiary/aromatic N) is 2. The molecule has 1 aromatic rings. The standard InChI is InChI=1S/C15H22ClN3O/c1-4-7-8-12(6-3)10-17-14-13(16)11-18-19(9-5-2)15(14)20/h2,11-12,17H,4,6-10H2,1,3H3. The Morgan fingerprint density at radius 3 is 2.90 bits per heavy atom. The molecule has 1 unspecified atom stereocenters. The number of hydrogen-bond donors (Lipinski definition) is 1. The molecule has 0 saturated carbocycles. The van der Waals surface area contributed by atoms with Crippen LogP contribution in [0.15, 0.2) is 11.0 Å². The Balaban J connectivity index is 2.79. The smallest absolute Gasteiger partial charge is 0.292 e. The maximum absolute atomic E-state index is 12.2.